The highest BCUT2D eigenvalue weighted by Gasteiger charge is 2.85. The van der Waals surface area contributed by atoms with Crippen molar-refractivity contribution in [1.29, 1.82) is 0 Å². The first-order valence-corrected chi connectivity index (χ1v) is 17.7. The summed E-state index contributed by atoms with van der Waals surface area (Å²) in [5.74, 6) is -0.00407. The lowest BCUT2D eigenvalue weighted by Gasteiger charge is -2.69. The Morgan fingerprint density at radius 2 is 1.64 bits per heavy atom. The molecule has 0 aromatic carbocycles. The molecule has 0 spiro atoms. The Labute approximate surface area is 278 Å². The van der Waals surface area contributed by atoms with E-state index >= 15 is 0 Å². The van der Waals surface area contributed by atoms with E-state index in [1.807, 2.05) is 0 Å². The van der Waals surface area contributed by atoms with Gasteiger partial charge in [-0.25, -0.2) is 0 Å². The van der Waals surface area contributed by atoms with E-state index in [1.54, 1.807) is 0 Å². The fraction of sp³-hybridized carbons (Fsp3) is 0.865. The Morgan fingerprint density at radius 1 is 0.936 bits per heavy atom. The monoisotopic (exact) mass is 660 g/mol. The molecule has 6 fully saturated rings. The number of aliphatic hydroxyl groups is 3. The summed E-state index contributed by atoms with van der Waals surface area (Å²) in [7, 11) is 0. The lowest BCUT2D eigenvalue weighted by atomic mass is 9.37. The summed E-state index contributed by atoms with van der Waals surface area (Å²) in [6, 6.07) is 0. The number of esters is 2. The fourth-order valence-electron chi connectivity index (χ4n) is 12.8. The van der Waals surface area contributed by atoms with Crippen LogP contribution in [0, 0.1) is 50.7 Å². The van der Waals surface area contributed by atoms with E-state index in [1.165, 1.54) is 13.8 Å². The second-order valence-electron chi connectivity index (χ2n) is 17.1. The standard InChI is InChI=1S/C37H56O10/c1-19(16-38)20(2)23-9-14-37-18-36(23,37)13-10-25-34(7)12-11-27(45-22(4)40)33(5,6)26(34)15-28(35(25,37)8)47-32-31(43)30(42)29(41)24(46-32)17-44-21(3)39/h16,20,23-32,41-43H,1,9-15,17-18H2,2-8H3/t20-,23+,24-,25-,26+,27-,28-,29-,30+,31-,32+,34-,35+,36-,37-/m1/s1. The highest BCUT2D eigenvalue weighted by molar-refractivity contribution is 5.73. The van der Waals surface area contributed by atoms with Crippen LogP contribution in [0.15, 0.2) is 12.2 Å². The summed E-state index contributed by atoms with van der Waals surface area (Å²) < 4.78 is 24.2. The molecule has 1 heterocycles. The van der Waals surface area contributed by atoms with Crippen LogP contribution in [0.1, 0.15) is 99.8 Å². The predicted molar refractivity (Wildman–Crippen MR) is 170 cm³/mol. The molecule has 47 heavy (non-hydrogen) atoms. The predicted octanol–water partition coefficient (Wildman–Crippen LogP) is 4.11. The molecule has 10 nitrogen and oxygen atoms in total. The van der Waals surface area contributed by atoms with Crippen LogP contribution in [-0.4, -0.2) is 83.1 Å². The average Bonchev–Trinajstić information content (AvgIpc) is 3.58. The zero-order chi connectivity index (χ0) is 34.5. The molecule has 1 aliphatic heterocycles. The van der Waals surface area contributed by atoms with Gasteiger partial charge in [-0.2, -0.15) is 0 Å². The molecule has 5 saturated carbocycles. The van der Waals surface area contributed by atoms with Crippen molar-refractivity contribution in [1.82, 2.24) is 0 Å². The van der Waals surface area contributed by atoms with Gasteiger partial charge in [-0.1, -0.05) is 41.2 Å². The molecule has 0 bridgehead atoms. The number of carbonyl (C=O) groups is 3. The molecule has 264 valence electrons. The quantitative estimate of drug-likeness (QED) is 0.150. The number of fused-ring (bicyclic) bond motifs is 3. The number of hydrogen-bond acceptors (Lipinski definition) is 10. The van der Waals surface area contributed by atoms with Crippen LogP contribution in [0.25, 0.3) is 0 Å². The van der Waals surface area contributed by atoms with E-state index in [9.17, 15) is 29.7 Å². The molecule has 10 heteroatoms. The Bertz CT molecular complexity index is 1300. The molecular weight excluding hydrogens is 604 g/mol. The molecule has 1 saturated heterocycles. The second kappa shape index (κ2) is 11.6. The minimum atomic E-state index is -1.55. The Kier molecular flexibility index (Phi) is 8.64. The van der Waals surface area contributed by atoms with Gasteiger partial charge in [-0.05, 0) is 96.9 Å². The molecule has 0 aromatic rings. The van der Waals surface area contributed by atoms with E-state index in [-0.39, 0.29) is 69.6 Å². The minimum absolute atomic E-state index is 0.0323. The molecule has 0 unspecified atom stereocenters. The largest absolute Gasteiger partial charge is 0.463 e. The van der Waals surface area contributed by atoms with Gasteiger partial charge in [0.25, 0.3) is 0 Å². The summed E-state index contributed by atoms with van der Waals surface area (Å²) in [6.45, 7) is 17.9. The first-order valence-electron chi connectivity index (χ1n) is 17.7. The van der Waals surface area contributed by atoms with Crippen molar-refractivity contribution in [3.05, 3.63) is 12.2 Å². The van der Waals surface area contributed by atoms with Crippen molar-refractivity contribution >= 4 is 18.2 Å². The SMILES string of the molecule is C=C(C=O)[C@@H](C)[C@@H]1CC[C@]23C[C@]12CC[C@@H]1[C@@]2(C)CC[C@@H](OC(C)=O)C(C)(C)[C@@H]2C[C@@H](O[C@@H]2O[C@H](COC(C)=O)[C@@H](O)[C@H](O)[C@H]2O)[C@]13C. The van der Waals surface area contributed by atoms with Gasteiger partial charge in [0.1, 0.15) is 43.4 Å². The molecule has 3 N–H and O–H groups in total. The third kappa shape index (κ3) is 4.85. The summed E-state index contributed by atoms with van der Waals surface area (Å²) in [4.78, 5) is 35.6. The van der Waals surface area contributed by atoms with E-state index in [0.29, 0.717) is 17.9 Å². The molecule has 6 rings (SSSR count). The van der Waals surface area contributed by atoms with Gasteiger partial charge in [0, 0.05) is 24.7 Å². The van der Waals surface area contributed by atoms with Crippen molar-refractivity contribution in [3.8, 4) is 0 Å². The summed E-state index contributed by atoms with van der Waals surface area (Å²) >= 11 is 0. The van der Waals surface area contributed by atoms with Crippen LogP contribution in [0.3, 0.4) is 0 Å². The number of carbonyl (C=O) groups excluding carboxylic acids is 3. The molecule has 0 radical (unpaired) electrons. The number of hydrogen-bond donors (Lipinski definition) is 3. The van der Waals surface area contributed by atoms with Crippen LogP contribution >= 0.6 is 0 Å². The smallest absolute Gasteiger partial charge is 0.302 e. The number of ether oxygens (including phenoxy) is 4. The lowest BCUT2D eigenvalue weighted by Crippen LogP contribution is -2.68. The van der Waals surface area contributed by atoms with E-state index < -0.39 is 36.7 Å². The second-order valence-corrected chi connectivity index (χ2v) is 17.1. The minimum Gasteiger partial charge on any atom is -0.463 e. The Balaban J connectivity index is 1.40. The zero-order valence-electron chi connectivity index (χ0n) is 29.2. The average molecular weight is 661 g/mol. The van der Waals surface area contributed by atoms with Crippen molar-refractivity contribution in [2.45, 2.75) is 143 Å². The highest BCUT2D eigenvalue weighted by Crippen LogP contribution is 2.91. The van der Waals surface area contributed by atoms with Crippen LogP contribution < -0.4 is 0 Å². The van der Waals surface area contributed by atoms with Gasteiger partial charge in [-0.3, -0.25) is 14.4 Å². The van der Waals surface area contributed by atoms with Gasteiger partial charge < -0.3 is 34.3 Å². The van der Waals surface area contributed by atoms with Crippen LogP contribution in [0.2, 0.25) is 0 Å². The maximum Gasteiger partial charge on any atom is 0.302 e. The van der Waals surface area contributed by atoms with Crippen molar-refractivity contribution in [2.75, 3.05) is 6.61 Å². The maximum absolute atomic E-state index is 12.2. The van der Waals surface area contributed by atoms with Gasteiger partial charge in [0.05, 0.1) is 6.10 Å². The summed E-state index contributed by atoms with van der Waals surface area (Å²) in [5.41, 5.74) is -0.0564. The Hall–Kier alpha value is -1.85. The van der Waals surface area contributed by atoms with Gasteiger partial charge in [0.2, 0.25) is 0 Å². The molecule has 5 aliphatic carbocycles. The number of rotatable bonds is 8. The van der Waals surface area contributed by atoms with Crippen LogP contribution in [0.5, 0.6) is 0 Å². The first-order chi connectivity index (χ1) is 21.9. The number of aliphatic hydroxyl groups excluding tert-OH is 3. The third-order valence-corrected chi connectivity index (χ3v) is 15.1. The number of allylic oxidation sites excluding steroid dienone is 1. The fourth-order valence-corrected chi connectivity index (χ4v) is 12.8. The Morgan fingerprint density at radius 3 is 2.28 bits per heavy atom. The van der Waals surface area contributed by atoms with Gasteiger partial charge in [0.15, 0.2) is 6.29 Å². The molecule has 0 amide bonds. The highest BCUT2D eigenvalue weighted by atomic mass is 16.7. The first kappa shape index (κ1) is 35.0. The van der Waals surface area contributed by atoms with Crippen LogP contribution in [0.4, 0.5) is 0 Å². The van der Waals surface area contributed by atoms with Crippen LogP contribution in [-0.2, 0) is 33.3 Å². The van der Waals surface area contributed by atoms with E-state index in [0.717, 1.165) is 51.2 Å². The van der Waals surface area contributed by atoms with E-state index in [2.05, 4.69) is 41.2 Å². The molecule has 6 aliphatic rings. The summed E-state index contributed by atoms with van der Waals surface area (Å²) in [5, 5.41) is 32.8. The molecular formula is C37H56O10. The zero-order valence-corrected chi connectivity index (χ0v) is 29.2. The molecule has 0 aromatic heterocycles. The van der Waals surface area contributed by atoms with Gasteiger partial charge in [-0.15, -0.1) is 0 Å². The topological polar surface area (TPSA) is 149 Å². The normalized spacial score (nSPS) is 50.1. The van der Waals surface area contributed by atoms with Gasteiger partial charge >= 0.3 is 11.9 Å². The summed E-state index contributed by atoms with van der Waals surface area (Å²) in [6.07, 6.45) is 0.957. The van der Waals surface area contributed by atoms with Crippen molar-refractivity contribution in [2.24, 2.45) is 50.7 Å². The van der Waals surface area contributed by atoms with Crippen molar-refractivity contribution < 1.29 is 48.7 Å². The maximum atomic E-state index is 12.2. The lowest BCUT2D eigenvalue weighted by molar-refractivity contribution is -0.344. The van der Waals surface area contributed by atoms with Crippen molar-refractivity contribution in [3.63, 3.8) is 0 Å². The number of aldehydes is 1. The third-order valence-electron chi connectivity index (χ3n) is 15.1. The molecule has 15 atom stereocenters. The van der Waals surface area contributed by atoms with E-state index in [4.69, 9.17) is 18.9 Å².